The van der Waals surface area contributed by atoms with Crippen LogP contribution in [0.25, 0.3) is 0 Å². The lowest BCUT2D eigenvalue weighted by Crippen LogP contribution is -2.52. The third kappa shape index (κ3) is 33.9. The van der Waals surface area contributed by atoms with Crippen molar-refractivity contribution in [3.05, 3.63) is 119 Å². The Kier molecular flexibility index (Phi) is 49.1. The van der Waals surface area contributed by atoms with E-state index in [1.54, 1.807) is 11.6 Å². The van der Waals surface area contributed by atoms with E-state index in [0.717, 1.165) is 60.6 Å². The maximum Gasteiger partial charge on any atom is 0.330 e. The lowest BCUT2D eigenvalue weighted by molar-refractivity contribution is -0.135. The van der Waals surface area contributed by atoms with E-state index in [-0.39, 0.29) is 69.9 Å². The van der Waals surface area contributed by atoms with Gasteiger partial charge in [0.05, 0.1) is 20.8 Å². The Morgan fingerprint density at radius 2 is 0.655 bits per heavy atom. The SMILES string of the molecule is C.C.CC=C1CC(C)C(O[Si](C)(C)C)(SC)C(C)C1.CCC1CC(C)C(O[Si](C)(C)C)(SC)C(C)C1.COC(=O)C=C1C[C@@H](C)C(=O)[C@H](C)C1.COC(=O)C=C1C[C@@H](C)C(O[Si](C)(C)C)(SC)[C@H](C)C1.CSC1(O[Si](C)(C)C)[C@H](C)CC(=CCO)C[C@H]1C.CSC1(O[Si](C)(C)C)[C@H](C)CC(=CCP(=O)(c2ccccc2)c2ccccc2)C[C@H]1C. The van der Waals surface area contributed by atoms with Crippen molar-refractivity contribution in [3.63, 3.8) is 0 Å². The van der Waals surface area contributed by atoms with Gasteiger partial charge in [-0.3, -0.25) is 4.79 Å². The molecular formula is C96H175O12PS5Si5. The Hall–Kier alpha value is -1.43. The van der Waals surface area contributed by atoms with Crippen molar-refractivity contribution < 1.29 is 55.7 Å². The van der Waals surface area contributed by atoms with Crippen LogP contribution in [0.15, 0.2) is 119 Å². The van der Waals surface area contributed by atoms with Gasteiger partial charge in [0, 0.05) is 40.8 Å². The van der Waals surface area contributed by atoms with Gasteiger partial charge in [-0.2, -0.15) is 0 Å². The first kappa shape index (κ1) is 116. The molecule has 4 unspecified atom stereocenters. The van der Waals surface area contributed by atoms with Gasteiger partial charge in [0.25, 0.3) is 0 Å². The van der Waals surface area contributed by atoms with E-state index >= 15 is 0 Å². The van der Waals surface area contributed by atoms with Crippen LogP contribution in [0.3, 0.4) is 0 Å². The number of esters is 2. The molecule has 2 aromatic rings. The average Bonchev–Trinajstić information content (AvgIpc) is 0.789. The Morgan fingerprint density at radius 1 is 0.412 bits per heavy atom. The lowest BCUT2D eigenvalue weighted by atomic mass is 9.73. The van der Waals surface area contributed by atoms with Gasteiger partial charge in [-0.25, -0.2) is 9.59 Å². The molecule has 23 heteroatoms. The van der Waals surface area contributed by atoms with Crippen LogP contribution < -0.4 is 10.6 Å². The topological polar surface area (TPSA) is 153 Å². The molecule has 6 aliphatic rings. The van der Waals surface area contributed by atoms with Crippen molar-refractivity contribution in [2.24, 2.45) is 76.9 Å². The van der Waals surface area contributed by atoms with Crippen LogP contribution in [0.1, 0.15) is 195 Å². The summed E-state index contributed by atoms with van der Waals surface area (Å²) in [6.07, 6.45) is 35.0. The molecule has 0 aliphatic heterocycles. The molecule has 6 fully saturated rings. The number of carbonyl (C=O) groups is 3. The number of methoxy groups -OCH3 is 2. The van der Waals surface area contributed by atoms with Crippen molar-refractivity contribution >= 4 is 136 Å². The molecule has 0 spiro atoms. The predicted octanol–water partition coefficient (Wildman–Crippen LogP) is 27.7. The maximum absolute atomic E-state index is 14.3. The molecule has 119 heavy (non-hydrogen) atoms. The second kappa shape index (κ2) is 50.5. The second-order valence-electron chi connectivity index (χ2n) is 39.8. The summed E-state index contributed by atoms with van der Waals surface area (Å²) in [5.41, 5.74) is 6.63. The summed E-state index contributed by atoms with van der Waals surface area (Å²) in [6.45, 7) is 65.9. The quantitative estimate of drug-likeness (QED) is 0.0280. The van der Waals surface area contributed by atoms with Crippen LogP contribution in [0.2, 0.25) is 98.2 Å². The van der Waals surface area contributed by atoms with Crippen LogP contribution in [0.5, 0.6) is 0 Å². The van der Waals surface area contributed by atoms with Gasteiger partial charge in [-0.05, 0) is 279 Å². The van der Waals surface area contributed by atoms with Gasteiger partial charge in [-0.15, -0.1) is 58.8 Å². The lowest BCUT2D eigenvalue weighted by Gasteiger charge is -2.51. The second-order valence-corrected chi connectivity index (χ2v) is 70.1. The fourth-order valence-electron chi connectivity index (χ4n) is 19.3. The Labute approximate surface area is 757 Å². The van der Waals surface area contributed by atoms with Crippen molar-refractivity contribution in [1.29, 1.82) is 0 Å². The zero-order chi connectivity index (χ0) is 89.5. The van der Waals surface area contributed by atoms with E-state index in [9.17, 15) is 18.9 Å². The minimum absolute atomic E-state index is 0. The van der Waals surface area contributed by atoms with Crippen molar-refractivity contribution in [2.75, 3.05) is 58.3 Å². The number of rotatable bonds is 23. The van der Waals surface area contributed by atoms with E-state index < -0.39 is 48.7 Å². The summed E-state index contributed by atoms with van der Waals surface area (Å²) in [5.74, 6) is 5.93. The number of thioether (sulfide) groups is 5. The molecule has 6 saturated carbocycles. The molecular weight excluding hydrogens is 1680 g/mol. The standard InChI is InChI=1S/C26H37O2PSSi.C15H28O3SSi.C14H28O2SSi.C14H30OSSi.C14H28OSSi.C11H16O3.2CH4/c1-21-19-23(20-22(2)26(21,30-3)28-31(4,5)6)17-18-29(27,24-13-9-7-10-14-24)25-15-11-8-12-16-25;1-11-8-13(10-14(16)17-3)9-12(2)15(11,19-4)18-20(5,6)7;1-11-9-13(7-8-15)10-12(2)14(11,17-3)16-18(4,5)6;2*1-8-13-9-11(2)14(16-4,12(3)10-13)15-17(5,6)7;1-7-4-9(6-10(12)14-3)5-8(2)11(7)13;;/h7-17,21-22H,18-20H2,1-6H3;10-12H,8-9H2,1-7H3;7,11-12,15H,8-10H2,1-6H3;11-13H,8-10H2,1-7H3;8,11-12H,9-10H2,1-7H3;6-8H,4-5H2,1-3H3;2*1H4/t21-,22-,26?;11-,12-,15?;11-,12-,14?;;;7-,8-;;/m111..1../s1. The molecule has 0 radical (unpaired) electrons. The van der Waals surface area contributed by atoms with E-state index in [1.165, 1.54) is 69.1 Å². The molecule has 1 N–H and O–H groups in total. The number of benzene rings is 2. The molecule has 6 aliphatic carbocycles. The van der Waals surface area contributed by atoms with Gasteiger partial charge in [0.1, 0.15) is 37.6 Å². The maximum atomic E-state index is 14.3. The molecule has 0 bridgehead atoms. The van der Waals surface area contributed by atoms with Crippen LogP contribution in [-0.2, 0) is 50.6 Å². The highest BCUT2D eigenvalue weighted by Gasteiger charge is 2.53. The zero-order valence-corrected chi connectivity index (χ0v) is 90.2. The first-order valence-corrected chi connectivity index (χ1v) is 68.8. The number of ketones is 1. The Morgan fingerprint density at radius 3 is 0.891 bits per heavy atom. The van der Waals surface area contributed by atoms with E-state index in [2.05, 4.69) is 229 Å². The molecule has 12 atom stereocenters. The largest absolute Gasteiger partial charge is 0.466 e. The number of carbonyl (C=O) groups excluding carboxylic acids is 3. The number of Topliss-reactive ketones (excluding diaryl/α,β-unsaturated/α-hetero) is 1. The highest BCUT2D eigenvalue weighted by atomic mass is 32.2. The number of hydrogen-bond acceptors (Lipinski definition) is 17. The van der Waals surface area contributed by atoms with Gasteiger partial charge in [0.15, 0.2) is 41.6 Å². The molecule has 686 valence electrons. The molecule has 0 heterocycles. The summed E-state index contributed by atoms with van der Waals surface area (Å²) in [6, 6.07) is 20.0. The summed E-state index contributed by atoms with van der Waals surface area (Å²) in [7, 11) is -7.72. The fraction of sp³-hybridized carbons (Fsp3) is 0.740. The Bertz CT molecular complexity index is 3470. The highest BCUT2D eigenvalue weighted by molar-refractivity contribution is 8.00. The van der Waals surface area contributed by atoms with Crippen molar-refractivity contribution in [1.82, 2.24) is 0 Å². The van der Waals surface area contributed by atoms with Gasteiger partial charge >= 0.3 is 11.9 Å². The number of ether oxygens (including phenoxy) is 2. The normalized spacial score (nSPS) is 30.6. The van der Waals surface area contributed by atoms with Crippen molar-refractivity contribution in [3.8, 4) is 0 Å². The van der Waals surface area contributed by atoms with E-state index in [1.807, 2.05) is 139 Å². The molecule has 2 aromatic carbocycles. The van der Waals surface area contributed by atoms with Crippen LogP contribution in [0, 0.1) is 76.9 Å². The number of aliphatic hydroxyl groups is 1. The highest BCUT2D eigenvalue weighted by Crippen LogP contribution is 2.56. The summed E-state index contributed by atoms with van der Waals surface area (Å²) in [4.78, 5) is 33.7. The van der Waals surface area contributed by atoms with Gasteiger partial charge < -0.3 is 41.3 Å². The average molecular weight is 1850 g/mol. The van der Waals surface area contributed by atoms with E-state index in [4.69, 9.17) is 32.0 Å². The monoisotopic (exact) mass is 1850 g/mol. The zero-order valence-electron chi connectivity index (χ0n) is 80.2. The van der Waals surface area contributed by atoms with Gasteiger partial charge in [0.2, 0.25) is 0 Å². The predicted molar refractivity (Wildman–Crippen MR) is 543 cm³/mol. The molecule has 12 nitrogen and oxygen atoms in total. The van der Waals surface area contributed by atoms with E-state index in [0.29, 0.717) is 84.0 Å². The molecule has 8 rings (SSSR count). The number of aliphatic hydroxyl groups excluding tert-OH is 1. The third-order valence-electron chi connectivity index (χ3n) is 24.2. The first-order valence-electron chi connectivity index (χ1n) is 43.7. The molecule has 0 saturated heterocycles. The number of hydrogen-bond donors (Lipinski definition) is 1. The molecule has 0 amide bonds. The fourth-order valence-corrected chi connectivity index (χ4v) is 39.0. The van der Waals surface area contributed by atoms with Crippen LogP contribution in [0.4, 0.5) is 0 Å². The minimum atomic E-state index is -2.71. The smallest absolute Gasteiger partial charge is 0.330 e. The summed E-state index contributed by atoms with van der Waals surface area (Å²) >= 11 is 9.49. The first-order chi connectivity index (χ1) is 54.0. The van der Waals surface area contributed by atoms with Gasteiger partial charge in [-0.1, -0.05) is 218 Å². The molecule has 0 aromatic heterocycles. The summed E-state index contributed by atoms with van der Waals surface area (Å²) < 4.78 is 56.8. The van der Waals surface area contributed by atoms with Crippen molar-refractivity contribution in [2.45, 2.75) is 318 Å². The Balaban J connectivity index is 0.000000727. The summed E-state index contributed by atoms with van der Waals surface area (Å²) in [5, 5.41) is 10.9. The number of allylic oxidation sites excluding steroid dienone is 7. The van der Waals surface area contributed by atoms with Crippen LogP contribution in [-0.4, -0.2) is 147 Å². The van der Waals surface area contributed by atoms with Crippen LogP contribution >= 0.6 is 66.0 Å². The minimum Gasteiger partial charge on any atom is -0.466 e. The third-order valence-corrected chi connectivity index (χ3v) is 40.3.